The van der Waals surface area contributed by atoms with Gasteiger partial charge in [-0.25, -0.2) is 4.79 Å². The molecule has 1 saturated carbocycles. The summed E-state index contributed by atoms with van der Waals surface area (Å²) in [4.78, 5) is 24.5. The van der Waals surface area contributed by atoms with Crippen LogP contribution in [-0.2, 0) is 19.1 Å². The monoisotopic (exact) mass is 415 g/mol. The van der Waals surface area contributed by atoms with Crippen molar-refractivity contribution in [1.29, 1.82) is 5.26 Å². The van der Waals surface area contributed by atoms with E-state index in [1.54, 1.807) is 7.11 Å². The van der Waals surface area contributed by atoms with E-state index >= 15 is 0 Å². The van der Waals surface area contributed by atoms with Crippen LogP contribution < -0.4 is 5.32 Å². The van der Waals surface area contributed by atoms with Gasteiger partial charge in [0.2, 0.25) is 0 Å². The van der Waals surface area contributed by atoms with E-state index in [9.17, 15) is 14.9 Å². The second-order valence-corrected chi connectivity index (χ2v) is 8.18. The predicted molar refractivity (Wildman–Crippen MR) is 115 cm³/mol. The molecular formula is C23H33N3O4. The normalized spacial score (nSPS) is 20.3. The number of nitriles is 1. The zero-order valence-corrected chi connectivity index (χ0v) is 18.7. The van der Waals surface area contributed by atoms with Gasteiger partial charge in [-0.05, 0) is 57.2 Å². The lowest BCUT2D eigenvalue weighted by atomic mass is 9.86. The van der Waals surface area contributed by atoms with E-state index in [-0.39, 0.29) is 30.2 Å². The molecule has 3 atom stereocenters. The standard InChI is InChI=1S/C23H33N3O4/c1-15-8-6-7-9-21(15)25-22(27)14-30-23(28)20(12-24)11-19-10-16(2)26(18(19)4)17(3)13-29-5/h10-11,15,17,21H,6-9,13-14H2,1-5H3,(H,25,27)/b20-11+/t15-,17+,21-/m0/s1. The minimum Gasteiger partial charge on any atom is -0.451 e. The fourth-order valence-corrected chi connectivity index (χ4v) is 4.22. The number of carbonyl (C=O) groups excluding carboxylic acids is 2. The van der Waals surface area contributed by atoms with Gasteiger partial charge in [0.15, 0.2) is 6.61 Å². The quantitative estimate of drug-likeness (QED) is 0.399. The molecule has 1 heterocycles. The van der Waals surface area contributed by atoms with Gasteiger partial charge in [-0.3, -0.25) is 4.79 Å². The zero-order valence-electron chi connectivity index (χ0n) is 18.7. The van der Waals surface area contributed by atoms with Gasteiger partial charge in [0.1, 0.15) is 11.6 Å². The molecule has 1 aliphatic carbocycles. The summed E-state index contributed by atoms with van der Waals surface area (Å²) >= 11 is 0. The molecule has 7 heteroatoms. The molecular weight excluding hydrogens is 382 g/mol. The Labute approximate surface area is 179 Å². The van der Waals surface area contributed by atoms with Crippen molar-refractivity contribution in [2.75, 3.05) is 20.3 Å². The molecule has 0 saturated heterocycles. The van der Waals surface area contributed by atoms with Gasteiger partial charge in [0.25, 0.3) is 5.91 Å². The molecule has 1 aromatic heterocycles. The van der Waals surface area contributed by atoms with Gasteiger partial charge in [-0.2, -0.15) is 5.26 Å². The molecule has 0 spiro atoms. The topological polar surface area (TPSA) is 93.3 Å². The average Bonchev–Trinajstić information content (AvgIpc) is 2.99. The second kappa shape index (κ2) is 11.0. The first kappa shape index (κ1) is 23.7. The fourth-order valence-electron chi connectivity index (χ4n) is 4.22. The molecule has 164 valence electrons. The number of nitrogens with one attached hydrogen (secondary N) is 1. The number of ether oxygens (including phenoxy) is 2. The highest BCUT2D eigenvalue weighted by atomic mass is 16.5. The van der Waals surface area contributed by atoms with Crippen LogP contribution in [0.1, 0.15) is 62.5 Å². The summed E-state index contributed by atoms with van der Waals surface area (Å²) in [5, 5.41) is 12.4. The maximum absolute atomic E-state index is 12.4. The number of carbonyl (C=O) groups is 2. The first-order chi connectivity index (χ1) is 14.3. The lowest BCUT2D eigenvalue weighted by Crippen LogP contribution is -2.42. The Balaban J connectivity index is 2.02. The van der Waals surface area contributed by atoms with Crippen molar-refractivity contribution in [2.24, 2.45) is 5.92 Å². The van der Waals surface area contributed by atoms with Crippen LogP contribution >= 0.6 is 0 Å². The molecule has 1 aromatic rings. The van der Waals surface area contributed by atoms with E-state index in [0.29, 0.717) is 12.5 Å². The zero-order chi connectivity index (χ0) is 22.3. The Bertz CT molecular complexity index is 834. The van der Waals surface area contributed by atoms with Gasteiger partial charge in [0, 0.05) is 24.5 Å². The molecule has 1 amide bonds. The molecule has 1 fully saturated rings. The smallest absolute Gasteiger partial charge is 0.349 e. The maximum atomic E-state index is 12.4. The number of hydrogen-bond acceptors (Lipinski definition) is 5. The van der Waals surface area contributed by atoms with Gasteiger partial charge in [-0.1, -0.05) is 19.8 Å². The molecule has 1 aliphatic rings. The van der Waals surface area contributed by atoms with E-state index in [1.165, 1.54) is 12.5 Å². The number of aromatic nitrogens is 1. The molecule has 0 bridgehead atoms. The van der Waals surface area contributed by atoms with Gasteiger partial charge in [0.05, 0.1) is 12.6 Å². The fraction of sp³-hybridized carbons (Fsp3) is 0.609. The van der Waals surface area contributed by atoms with Crippen LogP contribution in [0.5, 0.6) is 0 Å². The molecule has 0 unspecified atom stereocenters. The highest BCUT2D eigenvalue weighted by molar-refractivity contribution is 5.99. The summed E-state index contributed by atoms with van der Waals surface area (Å²) in [6.07, 6.45) is 5.83. The van der Waals surface area contributed by atoms with E-state index in [1.807, 2.05) is 32.9 Å². The third-order valence-corrected chi connectivity index (χ3v) is 5.80. The molecule has 0 aliphatic heterocycles. The van der Waals surface area contributed by atoms with Crippen molar-refractivity contribution in [1.82, 2.24) is 9.88 Å². The van der Waals surface area contributed by atoms with Crippen LogP contribution in [0.3, 0.4) is 0 Å². The van der Waals surface area contributed by atoms with Crippen LogP contribution in [0.2, 0.25) is 0 Å². The molecule has 2 rings (SSSR count). The van der Waals surface area contributed by atoms with Crippen molar-refractivity contribution >= 4 is 18.0 Å². The molecule has 7 nitrogen and oxygen atoms in total. The minimum atomic E-state index is -0.793. The summed E-state index contributed by atoms with van der Waals surface area (Å²) in [7, 11) is 1.65. The van der Waals surface area contributed by atoms with Crippen LogP contribution in [0.4, 0.5) is 0 Å². The lowest BCUT2D eigenvalue weighted by Gasteiger charge is -2.29. The summed E-state index contributed by atoms with van der Waals surface area (Å²) in [6, 6.07) is 4.06. The van der Waals surface area contributed by atoms with Crippen molar-refractivity contribution in [3.05, 3.63) is 28.6 Å². The van der Waals surface area contributed by atoms with E-state index in [0.717, 1.165) is 36.2 Å². The number of hydrogen-bond donors (Lipinski definition) is 1. The summed E-state index contributed by atoms with van der Waals surface area (Å²) < 4.78 is 12.4. The molecule has 0 radical (unpaired) electrons. The second-order valence-electron chi connectivity index (χ2n) is 8.18. The average molecular weight is 416 g/mol. The minimum absolute atomic E-state index is 0.121. The Hall–Kier alpha value is -2.59. The Kier molecular flexibility index (Phi) is 8.67. The van der Waals surface area contributed by atoms with Crippen molar-refractivity contribution in [2.45, 2.75) is 65.5 Å². The predicted octanol–water partition coefficient (Wildman–Crippen LogP) is 3.46. The van der Waals surface area contributed by atoms with E-state index < -0.39 is 5.97 Å². The van der Waals surface area contributed by atoms with E-state index in [2.05, 4.69) is 16.8 Å². The third kappa shape index (κ3) is 5.96. The Morgan fingerprint density at radius 3 is 2.70 bits per heavy atom. The van der Waals surface area contributed by atoms with Gasteiger partial charge >= 0.3 is 5.97 Å². The molecule has 0 aromatic carbocycles. The van der Waals surface area contributed by atoms with Crippen LogP contribution in [0.25, 0.3) is 6.08 Å². The first-order valence-electron chi connectivity index (χ1n) is 10.5. The summed E-state index contributed by atoms with van der Waals surface area (Å²) in [5.74, 6) is -0.700. The highest BCUT2D eigenvalue weighted by Crippen LogP contribution is 2.24. The van der Waals surface area contributed by atoms with Crippen LogP contribution in [-0.4, -0.2) is 42.8 Å². The summed E-state index contributed by atoms with van der Waals surface area (Å²) in [5.41, 5.74) is 2.58. The SMILES string of the molecule is COC[C@@H](C)n1c(C)cc(/C=C(\C#N)C(=O)OCC(=O)N[C@H]2CCCC[C@@H]2C)c1C. The van der Waals surface area contributed by atoms with Gasteiger partial charge in [-0.15, -0.1) is 0 Å². The van der Waals surface area contributed by atoms with Crippen molar-refractivity contribution in [3.8, 4) is 6.07 Å². The highest BCUT2D eigenvalue weighted by Gasteiger charge is 2.23. The number of methoxy groups -OCH3 is 1. The summed E-state index contributed by atoms with van der Waals surface area (Å²) in [6.45, 7) is 8.24. The van der Waals surface area contributed by atoms with Crippen molar-refractivity contribution in [3.63, 3.8) is 0 Å². The number of aryl methyl sites for hydroxylation is 1. The third-order valence-electron chi connectivity index (χ3n) is 5.80. The molecule has 1 N–H and O–H groups in total. The van der Waals surface area contributed by atoms with E-state index in [4.69, 9.17) is 9.47 Å². The largest absolute Gasteiger partial charge is 0.451 e. The lowest BCUT2D eigenvalue weighted by molar-refractivity contribution is -0.144. The molecule has 30 heavy (non-hydrogen) atoms. The first-order valence-corrected chi connectivity index (χ1v) is 10.5. The van der Waals surface area contributed by atoms with Gasteiger partial charge < -0.3 is 19.4 Å². The number of rotatable bonds is 8. The number of nitrogens with zero attached hydrogens (tertiary/aromatic N) is 2. The Morgan fingerprint density at radius 1 is 1.37 bits per heavy atom. The van der Waals surface area contributed by atoms with Crippen molar-refractivity contribution < 1.29 is 19.1 Å². The number of esters is 1. The number of amides is 1. The van der Waals surface area contributed by atoms with Crippen LogP contribution in [0, 0.1) is 31.1 Å². The Morgan fingerprint density at radius 2 is 2.07 bits per heavy atom. The van der Waals surface area contributed by atoms with Crippen LogP contribution in [0.15, 0.2) is 11.6 Å². The maximum Gasteiger partial charge on any atom is 0.349 e.